The first kappa shape index (κ1) is 20.6. The van der Waals surface area contributed by atoms with Crippen molar-refractivity contribution in [3.63, 3.8) is 0 Å². The third-order valence-corrected chi connectivity index (χ3v) is 4.62. The van der Waals surface area contributed by atoms with E-state index in [1.54, 1.807) is 45.0 Å². The van der Waals surface area contributed by atoms with Crippen LogP contribution in [0.1, 0.15) is 50.4 Å². The van der Waals surface area contributed by atoms with Crippen LogP contribution in [0.4, 0.5) is 4.79 Å². The van der Waals surface area contributed by atoms with Crippen LogP contribution in [0.3, 0.4) is 0 Å². The molecule has 1 aliphatic heterocycles. The molecule has 0 unspecified atom stereocenters. The van der Waals surface area contributed by atoms with Gasteiger partial charge in [-0.1, -0.05) is 28.1 Å². The summed E-state index contributed by atoms with van der Waals surface area (Å²) in [5.74, 6) is -0.478. The molecule has 0 bridgehead atoms. The number of carbonyl (C=O) groups is 3. The van der Waals surface area contributed by atoms with E-state index >= 15 is 0 Å². The molecule has 0 aromatic heterocycles. The molecule has 2 rings (SSSR count). The van der Waals surface area contributed by atoms with Gasteiger partial charge in [0.1, 0.15) is 11.6 Å². The number of ether oxygens (including phenoxy) is 1. The van der Waals surface area contributed by atoms with E-state index in [0.717, 1.165) is 4.47 Å². The second-order valence-corrected chi connectivity index (χ2v) is 8.29. The molecular weight excluding hydrogens is 402 g/mol. The highest BCUT2D eigenvalue weighted by Crippen LogP contribution is 2.24. The van der Waals surface area contributed by atoms with E-state index in [-0.39, 0.29) is 31.0 Å². The average molecular weight is 426 g/mol. The molecule has 6 nitrogen and oxygen atoms in total. The summed E-state index contributed by atoms with van der Waals surface area (Å²) in [5, 5.41) is 10.1. The number of halogens is 1. The largest absolute Gasteiger partial charge is 0.444 e. The molecular formula is C19H24BrNO5. The summed E-state index contributed by atoms with van der Waals surface area (Å²) >= 11 is 3.31. The van der Waals surface area contributed by atoms with Gasteiger partial charge in [-0.25, -0.2) is 4.79 Å². The van der Waals surface area contributed by atoms with Crippen molar-refractivity contribution in [2.45, 2.75) is 57.8 Å². The van der Waals surface area contributed by atoms with Gasteiger partial charge in [-0.05, 0) is 39.3 Å². The number of benzene rings is 1. The zero-order valence-corrected chi connectivity index (χ0v) is 16.8. The number of amides is 1. The van der Waals surface area contributed by atoms with Crippen LogP contribution < -0.4 is 0 Å². The molecule has 0 radical (unpaired) electrons. The van der Waals surface area contributed by atoms with Gasteiger partial charge in [-0.15, -0.1) is 0 Å². The highest BCUT2D eigenvalue weighted by atomic mass is 79.9. The Morgan fingerprint density at radius 3 is 2.38 bits per heavy atom. The van der Waals surface area contributed by atoms with E-state index in [9.17, 15) is 19.5 Å². The lowest BCUT2D eigenvalue weighted by Crippen LogP contribution is -2.47. The topological polar surface area (TPSA) is 83.9 Å². The van der Waals surface area contributed by atoms with Crippen molar-refractivity contribution in [2.75, 3.05) is 6.54 Å². The van der Waals surface area contributed by atoms with Crippen molar-refractivity contribution in [1.82, 2.24) is 4.90 Å². The number of aliphatic hydroxyl groups is 1. The minimum atomic E-state index is -0.956. The van der Waals surface area contributed by atoms with Crippen molar-refractivity contribution < 1.29 is 24.2 Å². The number of ketones is 2. The molecule has 7 heteroatoms. The van der Waals surface area contributed by atoms with Crippen molar-refractivity contribution in [3.8, 4) is 0 Å². The van der Waals surface area contributed by atoms with Gasteiger partial charge in [0.2, 0.25) is 0 Å². The lowest BCUT2D eigenvalue weighted by atomic mass is 9.99. The van der Waals surface area contributed by atoms with Crippen molar-refractivity contribution in [1.29, 1.82) is 0 Å². The number of likely N-dealkylation sites (tertiary alicyclic amines) is 1. The van der Waals surface area contributed by atoms with Crippen LogP contribution in [0.15, 0.2) is 28.7 Å². The average Bonchev–Trinajstić information content (AvgIpc) is 2.93. The molecule has 0 spiro atoms. The highest BCUT2D eigenvalue weighted by molar-refractivity contribution is 9.10. The van der Waals surface area contributed by atoms with E-state index < -0.39 is 23.8 Å². The standard InChI is InChI=1S/C19H24BrNO5/c1-19(2,3)26-18(25)21-11-10-16(24)17(21)15(23)9-8-14(22)12-4-6-13(20)7-5-12/h4-7,16-17,24H,8-11H2,1-3H3/t16-,17+/m0/s1. The van der Waals surface area contributed by atoms with Gasteiger partial charge >= 0.3 is 6.09 Å². The molecule has 1 aromatic rings. The molecule has 1 heterocycles. The minimum absolute atomic E-state index is 0.0318. The van der Waals surface area contributed by atoms with Crippen LogP contribution in [0.25, 0.3) is 0 Å². The first-order chi connectivity index (χ1) is 12.1. The van der Waals surface area contributed by atoms with Crippen LogP contribution in [0, 0.1) is 0 Å². The monoisotopic (exact) mass is 425 g/mol. The number of Topliss-reactive ketones (excluding diaryl/α,β-unsaturated/α-hetero) is 2. The quantitative estimate of drug-likeness (QED) is 0.731. The summed E-state index contributed by atoms with van der Waals surface area (Å²) in [6.45, 7) is 5.48. The smallest absolute Gasteiger partial charge is 0.410 e. The Morgan fingerprint density at radius 2 is 1.81 bits per heavy atom. The summed E-state index contributed by atoms with van der Waals surface area (Å²) in [6, 6.07) is 5.95. The molecule has 1 amide bonds. The van der Waals surface area contributed by atoms with Crippen LogP contribution in [0.5, 0.6) is 0 Å². The van der Waals surface area contributed by atoms with Gasteiger partial charge in [-0.2, -0.15) is 0 Å². The van der Waals surface area contributed by atoms with E-state index in [4.69, 9.17) is 4.74 Å². The van der Waals surface area contributed by atoms with Crippen LogP contribution >= 0.6 is 15.9 Å². The molecule has 142 valence electrons. The second-order valence-electron chi connectivity index (χ2n) is 7.37. The van der Waals surface area contributed by atoms with Crippen molar-refractivity contribution in [3.05, 3.63) is 34.3 Å². The molecule has 2 atom stereocenters. The van der Waals surface area contributed by atoms with Gasteiger partial charge in [-0.3, -0.25) is 14.5 Å². The minimum Gasteiger partial charge on any atom is -0.444 e. The summed E-state index contributed by atoms with van der Waals surface area (Å²) < 4.78 is 6.18. The normalized spacial score (nSPS) is 20.1. The second kappa shape index (κ2) is 8.31. The third-order valence-electron chi connectivity index (χ3n) is 4.09. The van der Waals surface area contributed by atoms with Gasteiger partial charge in [0.25, 0.3) is 0 Å². The summed E-state index contributed by atoms with van der Waals surface area (Å²) in [7, 11) is 0. The predicted molar refractivity (Wildman–Crippen MR) is 100 cm³/mol. The first-order valence-corrected chi connectivity index (χ1v) is 9.37. The third kappa shape index (κ3) is 5.38. The van der Waals surface area contributed by atoms with Crippen molar-refractivity contribution >= 4 is 33.6 Å². The van der Waals surface area contributed by atoms with E-state index in [1.807, 2.05) is 0 Å². The van der Waals surface area contributed by atoms with Gasteiger partial charge in [0, 0.05) is 29.4 Å². The predicted octanol–water partition coefficient (Wildman–Crippen LogP) is 3.35. The molecule has 1 aromatic carbocycles. The van der Waals surface area contributed by atoms with E-state index in [2.05, 4.69) is 15.9 Å². The Morgan fingerprint density at radius 1 is 1.19 bits per heavy atom. The lowest BCUT2D eigenvalue weighted by molar-refractivity contribution is -0.125. The number of aliphatic hydroxyl groups excluding tert-OH is 1. The molecule has 1 aliphatic rings. The Bertz CT molecular complexity index is 680. The summed E-state index contributed by atoms with van der Waals surface area (Å²) in [5.41, 5.74) is -0.160. The SMILES string of the molecule is CC(C)(C)OC(=O)N1CC[C@H](O)[C@H]1C(=O)CCC(=O)c1ccc(Br)cc1. The first-order valence-electron chi connectivity index (χ1n) is 8.57. The highest BCUT2D eigenvalue weighted by Gasteiger charge is 2.42. The van der Waals surface area contributed by atoms with Gasteiger partial charge in [0.05, 0.1) is 6.10 Å². The molecule has 0 saturated carbocycles. The summed E-state index contributed by atoms with van der Waals surface area (Å²) in [6.07, 6.45) is -1.23. The maximum absolute atomic E-state index is 12.6. The fraction of sp³-hybridized carbons (Fsp3) is 0.526. The summed E-state index contributed by atoms with van der Waals surface area (Å²) in [4.78, 5) is 38.3. The van der Waals surface area contributed by atoms with Gasteiger partial charge < -0.3 is 9.84 Å². The maximum Gasteiger partial charge on any atom is 0.410 e. The molecule has 0 aliphatic carbocycles. The molecule has 1 N–H and O–H groups in total. The van der Waals surface area contributed by atoms with E-state index in [1.165, 1.54) is 4.90 Å². The van der Waals surface area contributed by atoms with E-state index in [0.29, 0.717) is 12.0 Å². The van der Waals surface area contributed by atoms with Crippen LogP contribution in [-0.4, -0.2) is 52.0 Å². The number of carbonyl (C=O) groups excluding carboxylic acids is 3. The Hall–Kier alpha value is -1.73. The van der Waals surface area contributed by atoms with Crippen LogP contribution in [-0.2, 0) is 9.53 Å². The Balaban J connectivity index is 1.98. The number of rotatable bonds is 5. The molecule has 1 fully saturated rings. The Labute approximate surface area is 161 Å². The zero-order chi connectivity index (χ0) is 19.5. The maximum atomic E-state index is 12.6. The fourth-order valence-electron chi connectivity index (χ4n) is 2.85. The zero-order valence-electron chi connectivity index (χ0n) is 15.2. The Kier molecular flexibility index (Phi) is 6.58. The lowest BCUT2D eigenvalue weighted by Gasteiger charge is -2.28. The van der Waals surface area contributed by atoms with Gasteiger partial charge in [0.15, 0.2) is 11.6 Å². The number of hydrogen-bond donors (Lipinski definition) is 1. The number of hydrogen-bond acceptors (Lipinski definition) is 5. The molecule has 26 heavy (non-hydrogen) atoms. The molecule has 1 saturated heterocycles. The van der Waals surface area contributed by atoms with Crippen LogP contribution in [0.2, 0.25) is 0 Å². The fourth-order valence-corrected chi connectivity index (χ4v) is 3.12. The number of nitrogens with zero attached hydrogens (tertiary/aromatic N) is 1. The van der Waals surface area contributed by atoms with Crippen molar-refractivity contribution in [2.24, 2.45) is 0 Å².